The van der Waals surface area contributed by atoms with Crippen LogP contribution < -0.4 is 0 Å². The van der Waals surface area contributed by atoms with E-state index < -0.39 is 0 Å². The molecule has 0 spiro atoms. The SMILES string of the molecule is CN1C(Cl)=Nn2cccc2C1Cl. The largest absolute Gasteiger partial charge is 0.327 e. The molecule has 0 saturated carbocycles. The van der Waals surface area contributed by atoms with Crippen LogP contribution >= 0.6 is 23.2 Å². The predicted octanol–water partition coefficient (Wildman–Crippen LogP) is 2.03. The fourth-order valence-electron chi connectivity index (χ4n) is 1.12. The lowest BCUT2D eigenvalue weighted by molar-refractivity contribution is 0.442. The molecule has 0 saturated heterocycles. The Bertz CT molecular complexity index is 331. The zero-order valence-corrected chi connectivity index (χ0v) is 7.92. The van der Waals surface area contributed by atoms with Crippen LogP contribution in [0.25, 0.3) is 0 Å². The Balaban J connectivity index is 2.53. The highest BCUT2D eigenvalue weighted by Gasteiger charge is 2.23. The van der Waals surface area contributed by atoms with Gasteiger partial charge in [-0.3, -0.25) is 0 Å². The van der Waals surface area contributed by atoms with Gasteiger partial charge in [0.25, 0.3) is 0 Å². The van der Waals surface area contributed by atoms with E-state index in [0.717, 1.165) is 5.69 Å². The van der Waals surface area contributed by atoms with Crippen molar-refractivity contribution in [2.45, 2.75) is 5.50 Å². The topological polar surface area (TPSA) is 20.5 Å². The van der Waals surface area contributed by atoms with Crippen molar-refractivity contribution in [1.29, 1.82) is 0 Å². The maximum Gasteiger partial charge on any atom is 0.219 e. The molecule has 12 heavy (non-hydrogen) atoms. The third-order valence-corrected chi connectivity index (χ3v) is 2.68. The Kier molecular flexibility index (Phi) is 1.77. The highest BCUT2D eigenvalue weighted by Crippen LogP contribution is 2.28. The fraction of sp³-hybridized carbons (Fsp3) is 0.286. The third kappa shape index (κ3) is 1.01. The molecule has 1 aliphatic heterocycles. The maximum atomic E-state index is 6.07. The van der Waals surface area contributed by atoms with Gasteiger partial charge in [0.05, 0.1) is 5.69 Å². The molecular weight excluding hydrogens is 197 g/mol. The van der Waals surface area contributed by atoms with Crippen molar-refractivity contribution in [1.82, 2.24) is 9.58 Å². The van der Waals surface area contributed by atoms with E-state index in [9.17, 15) is 0 Å². The highest BCUT2D eigenvalue weighted by atomic mass is 35.5. The van der Waals surface area contributed by atoms with Gasteiger partial charge in [0, 0.05) is 13.2 Å². The van der Waals surface area contributed by atoms with Gasteiger partial charge in [0.2, 0.25) is 5.29 Å². The number of hydrogen-bond donors (Lipinski definition) is 0. The standard InChI is InChI=1S/C7H7Cl2N3/c1-11-6(8)5-3-2-4-12(5)10-7(11)9/h2-4,6H,1H3. The summed E-state index contributed by atoms with van der Waals surface area (Å²) in [6, 6.07) is 3.80. The van der Waals surface area contributed by atoms with Crippen LogP contribution in [-0.4, -0.2) is 21.9 Å². The molecule has 0 aliphatic carbocycles. The number of rotatable bonds is 0. The molecule has 2 rings (SSSR count). The molecule has 1 aliphatic rings. The van der Waals surface area contributed by atoms with E-state index in [0.29, 0.717) is 5.29 Å². The summed E-state index contributed by atoms with van der Waals surface area (Å²) in [7, 11) is 1.81. The van der Waals surface area contributed by atoms with Crippen LogP contribution in [0, 0.1) is 0 Å². The third-order valence-electron chi connectivity index (χ3n) is 1.82. The average molecular weight is 204 g/mol. The van der Waals surface area contributed by atoms with E-state index in [2.05, 4.69) is 5.10 Å². The number of fused-ring (bicyclic) bond motifs is 1. The molecule has 1 aromatic rings. The number of aromatic nitrogens is 1. The van der Waals surface area contributed by atoms with Crippen molar-refractivity contribution in [3.8, 4) is 0 Å². The van der Waals surface area contributed by atoms with Crippen LogP contribution in [0.3, 0.4) is 0 Å². The van der Waals surface area contributed by atoms with E-state index >= 15 is 0 Å². The van der Waals surface area contributed by atoms with Crippen molar-refractivity contribution >= 4 is 28.5 Å². The number of nitrogens with zero attached hydrogens (tertiary/aromatic N) is 3. The monoisotopic (exact) mass is 203 g/mol. The Morgan fingerprint density at radius 2 is 2.33 bits per heavy atom. The summed E-state index contributed by atoms with van der Waals surface area (Å²) in [4.78, 5) is 1.71. The Morgan fingerprint density at radius 3 is 3.08 bits per heavy atom. The van der Waals surface area contributed by atoms with Gasteiger partial charge in [-0.15, -0.1) is 5.10 Å². The molecule has 64 valence electrons. The van der Waals surface area contributed by atoms with E-state index in [1.807, 2.05) is 18.3 Å². The van der Waals surface area contributed by atoms with Crippen LogP contribution in [0.2, 0.25) is 0 Å². The zero-order valence-electron chi connectivity index (χ0n) is 6.41. The lowest BCUT2D eigenvalue weighted by Crippen LogP contribution is -2.30. The first-order chi connectivity index (χ1) is 5.70. The molecule has 0 amide bonds. The molecule has 5 heteroatoms. The lowest BCUT2D eigenvalue weighted by Gasteiger charge is -2.27. The minimum Gasteiger partial charge on any atom is -0.327 e. The van der Waals surface area contributed by atoms with Gasteiger partial charge >= 0.3 is 0 Å². The molecule has 0 bridgehead atoms. The van der Waals surface area contributed by atoms with Gasteiger partial charge < -0.3 is 4.90 Å². The highest BCUT2D eigenvalue weighted by molar-refractivity contribution is 6.64. The smallest absolute Gasteiger partial charge is 0.219 e. The molecule has 1 unspecified atom stereocenters. The number of hydrogen-bond acceptors (Lipinski definition) is 2. The first kappa shape index (κ1) is 7.95. The maximum absolute atomic E-state index is 6.07. The van der Waals surface area contributed by atoms with Crippen LogP contribution in [0.5, 0.6) is 0 Å². The van der Waals surface area contributed by atoms with Gasteiger partial charge in [-0.2, -0.15) is 0 Å². The van der Waals surface area contributed by atoms with Crippen molar-refractivity contribution in [3.05, 3.63) is 24.0 Å². The minimum absolute atomic E-state index is 0.231. The van der Waals surface area contributed by atoms with Gasteiger partial charge in [-0.25, -0.2) is 4.68 Å². The van der Waals surface area contributed by atoms with E-state index in [1.165, 1.54) is 0 Å². The molecule has 0 radical (unpaired) electrons. The summed E-state index contributed by atoms with van der Waals surface area (Å²) >= 11 is 11.9. The molecule has 0 fully saturated rings. The first-order valence-corrected chi connectivity index (χ1v) is 4.30. The Morgan fingerprint density at radius 1 is 1.58 bits per heavy atom. The summed E-state index contributed by atoms with van der Waals surface area (Å²) < 4.78 is 1.68. The average Bonchev–Trinajstić information content (AvgIpc) is 2.48. The molecule has 2 heterocycles. The van der Waals surface area contributed by atoms with Crippen LogP contribution in [0.1, 0.15) is 11.2 Å². The second kappa shape index (κ2) is 2.68. The Hall–Kier alpha value is -0.670. The number of amidine groups is 1. The van der Waals surface area contributed by atoms with Crippen molar-refractivity contribution in [2.24, 2.45) is 5.10 Å². The second-order valence-corrected chi connectivity index (χ2v) is 3.34. The first-order valence-electron chi connectivity index (χ1n) is 3.49. The van der Waals surface area contributed by atoms with Gasteiger partial charge in [-0.05, 0) is 23.7 Å². The van der Waals surface area contributed by atoms with Crippen molar-refractivity contribution in [2.75, 3.05) is 7.05 Å². The van der Waals surface area contributed by atoms with Gasteiger partial charge in [0.15, 0.2) is 0 Å². The second-order valence-electron chi connectivity index (χ2n) is 2.59. The van der Waals surface area contributed by atoms with Crippen LogP contribution in [0.15, 0.2) is 23.4 Å². The summed E-state index contributed by atoms with van der Waals surface area (Å²) in [5, 5.41) is 4.48. The fourth-order valence-corrected chi connectivity index (χ4v) is 1.61. The molecule has 0 aromatic carbocycles. The van der Waals surface area contributed by atoms with Crippen LogP contribution in [-0.2, 0) is 0 Å². The zero-order chi connectivity index (χ0) is 8.72. The van der Waals surface area contributed by atoms with Crippen LogP contribution in [0.4, 0.5) is 0 Å². The summed E-state index contributed by atoms with van der Waals surface area (Å²) in [5.41, 5.74) is 0.702. The number of alkyl halides is 1. The van der Waals surface area contributed by atoms with Crippen molar-refractivity contribution in [3.63, 3.8) is 0 Å². The molecule has 3 nitrogen and oxygen atoms in total. The predicted molar refractivity (Wildman–Crippen MR) is 49.5 cm³/mol. The minimum atomic E-state index is -0.231. The lowest BCUT2D eigenvalue weighted by atomic mass is 10.4. The molecular formula is C7H7Cl2N3. The van der Waals surface area contributed by atoms with E-state index in [-0.39, 0.29) is 5.50 Å². The summed E-state index contributed by atoms with van der Waals surface area (Å²) in [5.74, 6) is 0. The molecule has 1 atom stereocenters. The Labute approximate surface area is 80.2 Å². The summed E-state index contributed by atoms with van der Waals surface area (Å²) in [6.45, 7) is 0. The molecule has 1 aromatic heterocycles. The number of halogens is 2. The molecule has 0 N–H and O–H groups in total. The van der Waals surface area contributed by atoms with E-state index in [4.69, 9.17) is 23.2 Å². The van der Waals surface area contributed by atoms with E-state index in [1.54, 1.807) is 16.6 Å². The normalized spacial score (nSPS) is 22.1. The van der Waals surface area contributed by atoms with Gasteiger partial charge in [0.1, 0.15) is 5.50 Å². The quantitative estimate of drug-likeness (QED) is 0.467. The summed E-state index contributed by atoms with van der Waals surface area (Å²) in [6.07, 6.45) is 1.82. The van der Waals surface area contributed by atoms with Gasteiger partial charge in [-0.1, -0.05) is 11.6 Å². The van der Waals surface area contributed by atoms with Crippen molar-refractivity contribution < 1.29 is 0 Å².